The van der Waals surface area contributed by atoms with E-state index in [1.54, 1.807) is 34.6 Å². The van der Waals surface area contributed by atoms with Crippen molar-refractivity contribution in [2.45, 2.75) is 60.2 Å². The van der Waals surface area contributed by atoms with Gasteiger partial charge in [0.15, 0.2) is 0 Å². The van der Waals surface area contributed by atoms with Crippen molar-refractivity contribution in [1.82, 2.24) is 0 Å². The van der Waals surface area contributed by atoms with E-state index >= 15 is 0 Å². The van der Waals surface area contributed by atoms with E-state index in [1.165, 1.54) is 0 Å². The first-order chi connectivity index (χ1) is 8.79. The summed E-state index contributed by atoms with van der Waals surface area (Å²) in [7, 11) is 0. The number of rotatable bonds is 7. The number of carbonyl (C=O) groups is 2. The molecule has 0 saturated carbocycles. The largest absolute Gasteiger partial charge is 0.463 e. The van der Waals surface area contributed by atoms with Crippen LogP contribution in [0.15, 0.2) is 12.2 Å². The standard InChI is InChI=1S/C15H26O4/c1-7-8-9-13(15(17)19-11(4)5)12(6)14(16)18-10(2)3/h7-8,10-13H,9H2,1-6H3. The van der Waals surface area contributed by atoms with E-state index in [1.807, 2.05) is 19.1 Å². The highest BCUT2D eigenvalue weighted by atomic mass is 16.5. The lowest BCUT2D eigenvalue weighted by Crippen LogP contribution is -2.32. The Balaban J connectivity index is 4.81. The Morgan fingerprint density at radius 2 is 1.42 bits per heavy atom. The predicted octanol–water partition coefficient (Wildman–Crippen LogP) is 3.11. The summed E-state index contributed by atoms with van der Waals surface area (Å²) in [6.07, 6.45) is 3.84. The van der Waals surface area contributed by atoms with Gasteiger partial charge in [0.25, 0.3) is 0 Å². The molecule has 0 aromatic heterocycles. The molecule has 0 aromatic rings. The van der Waals surface area contributed by atoms with Gasteiger partial charge in [-0.25, -0.2) is 0 Å². The molecule has 0 aliphatic carbocycles. The second-order valence-corrected chi connectivity index (χ2v) is 5.17. The first kappa shape index (κ1) is 17.7. The average molecular weight is 270 g/mol. The lowest BCUT2D eigenvalue weighted by molar-refractivity contribution is -0.164. The highest BCUT2D eigenvalue weighted by Crippen LogP contribution is 2.21. The normalized spacial score (nSPS) is 14.7. The molecule has 110 valence electrons. The Bertz CT molecular complexity index is 318. The molecule has 0 N–H and O–H groups in total. The molecule has 0 spiro atoms. The fourth-order valence-corrected chi connectivity index (χ4v) is 1.61. The van der Waals surface area contributed by atoms with Gasteiger partial charge >= 0.3 is 11.9 Å². The maximum absolute atomic E-state index is 12.0. The van der Waals surface area contributed by atoms with E-state index in [0.717, 1.165) is 0 Å². The Hall–Kier alpha value is -1.32. The summed E-state index contributed by atoms with van der Waals surface area (Å²) in [5, 5.41) is 0. The van der Waals surface area contributed by atoms with E-state index in [0.29, 0.717) is 6.42 Å². The van der Waals surface area contributed by atoms with Crippen molar-refractivity contribution in [3.05, 3.63) is 12.2 Å². The van der Waals surface area contributed by atoms with Crippen LogP contribution in [0.1, 0.15) is 48.0 Å². The fourth-order valence-electron chi connectivity index (χ4n) is 1.61. The zero-order chi connectivity index (χ0) is 15.0. The highest BCUT2D eigenvalue weighted by Gasteiger charge is 2.32. The summed E-state index contributed by atoms with van der Waals surface area (Å²) in [6, 6.07) is 0. The van der Waals surface area contributed by atoms with Crippen molar-refractivity contribution in [2.24, 2.45) is 11.8 Å². The van der Waals surface area contributed by atoms with Gasteiger partial charge in [-0.2, -0.15) is 0 Å². The Labute approximate surface area is 116 Å². The molecule has 0 aliphatic heterocycles. The van der Waals surface area contributed by atoms with Crippen LogP contribution in [0.5, 0.6) is 0 Å². The predicted molar refractivity (Wildman–Crippen MR) is 74.5 cm³/mol. The van der Waals surface area contributed by atoms with Crippen LogP contribution in [0, 0.1) is 11.8 Å². The van der Waals surface area contributed by atoms with Crippen LogP contribution in [0.25, 0.3) is 0 Å². The molecule has 0 heterocycles. The quantitative estimate of drug-likeness (QED) is 0.527. The number of allylic oxidation sites excluding steroid dienone is 2. The molecule has 4 nitrogen and oxygen atoms in total. The monoisotopic (exact) mass is 270 g/mol. The van der Waals surface area contributed by atoms with Gasteiger partial charge in [-0.15, -0.1) is 0 Å². The van der Waals surface area contributed by atoms with Gasteiger partial charge in [0.1, 0.15) is 0 Å². The summed E-state index contributed by atoms with van der Waals surface area (Å²) in [4.78, 5) is 23.9. The lowest BCUT2D eigenvalue weighted by Gasteiger charge is -2.22. The topological polar surface area (TPSA) is 52.6 Å². The van der Waals surface area contributed by atoms with E-state index in [2.05, 4.69) is 0 Å². The minimum Gasteiger partial charge on any atom is -0.463 e. The van der Waals surface area contributed by atoms with Gasteiger partial charge in [0, 0.05) is 0 Å². The SMILES string of the molecule is CC=CCC(C(=O)OC(C)C)C(C)C(=O)OC(C)C. The molecule has 0 fully saturated rings. The summed E-state index contributed by atoms with van der Waals surface area (Å²) in [5.74, 6) is -1.71. The van der Waals surface area contributed by atoms with Crippen LogP contribution in [-0.2, 0) is 19.1 Å². The van der Waals surface area contributed by atoms with Gasteiger partial charge in [0.05, 0.1) is 24.0 Å². The number of hydrogen-bond donors (Lipinski definition) is 0. The summed E-state index contributed by atoms with van der Waals surface area (Å²) >= 11 is 0. The number of esters is 2. The Kier molecular flexibility index (Phi) is 8.12. The van der Waals surface area contributed by atoms with Crippen molar-refractivity contribution in [2.75, 3.05) is 0 Å². The molecule has 0 rings (SSSR count). The average Bonchev–Trinajstić information content (AvgIpc) is 2.27. The van der Waals surface area contributed by atoms with Crippen LogP contribution in [0.3, 0.4) is 0 Å². The van der Waals surface area contributed by atoms with Crippen LogP contribution in [0.2, 0.25) is 0 Å². The summed E-state index contributed by atoms with van der Waals surface area (Å²) in [6.45, 7) is 10.8. The first-order valence-electron chi connectivity index (χ1n) is 6.81. The maximum Gasteiger partial charge on any atom is 0.310 e. The molecule has 0 radical (unpaired) electrons. The van der Waals surface area contributed by atoms with Crippen molar-refractivity contribution in [3.63, 3.8) is 0 Å². The van der Waals surface area contributed by atoms with E-state index in [9.17, 15) is 9.59 Å². The van der Waals surface area contributed by atoms with E-state index in [-0.39, 0.29) is 24.1 Å². The van der Waals surface area contributed by atoms with Gasteiger partial charge in [-0.1, -0.05) is 19.1 Å². The van der Waals surface area contributed by atoms with Crippen molar-refractivity contribution in [3.8, 4) is 0 Å². The molecule has 0 aliphatic rings. The molecule has 19 heavy (non-hydrogen) atoms. The van der Waals surface area contributed by atoms with Gasteiger partial charge in [-0.05, 0) is 41.0 Å². The zero-order valence-electron chi connectivity index (χ0n) is 12.8. The third-order valence-electron chi connectivity index (χ3n) is 2.61. The Morgan fingerprint density at radius 3 is 1.84 bits per heavy atom. The highest BCUT2D eigenvalue weighted by molar-refractivity contribution is 5.82. The minimum absolute atomic E-state index is 0.182. The van der Waals surface area contributed by atoms with E-state index < -0.39 is 11.8 Å². The van der Waals surface area contributed by atoms with Crippen LogP contribution in [-0.4, -0.2) is 24.1 Å². The van der Waals surface area contributed by atoms with Crippen molar-refractivity contribution >= 4 is 11.9 Å². The summed E-state index contributed by atoms with van der Waals surface area (Å²) < 4.78 is 10.4. The zero-order valence-corrected chi connectivity index (χ0v) is 12.8. The van der Waals surface area contributed by atoms with Gasteiger partial charge in [-0.3, -0.25) is 9.59 Å². The maximum atomic E-state index is 12.0. The Morgan fingerprint density at radius 1 is 0.947 bits per heavy atom. The van der Waals surface area contributed by atoms with Crippen molar-refractivity contribution in [1.29, 1.82) is 0 Å². The second-order valence-electron chi connectivity index (χ2n) is 5.17. The molecule has 0 amide bonds. The molecular weight excluding hydrogens is 244 g/mol. The molecule has 0 saturated heterocycles. The number of carbonyl (C=O) groups excluding carboxylic acids is 2. The van der Waals surface area contributed by atoms with Crippen LogP contribution in [0.4, 0.5) is 0 Å². The van der Waals surface area contributed by atoms with Crippen LogP contribution < -0.4 is 0 Å². The lowest BCUT2D eigenvalue weighted by atomic mass is 9.90. The first-order valence-corrected chi connectivity index (χ1v) is 6.81. The third kappa shape index (κ3) is 6.99. The number of hydrogen-bond acceptors (Lipinski definition) is 4. The smallest absolute Gasteiger partial charge is 0.310 e. The van der Waals surface area contributed by atoms with Crippen molar-refractivity contribution < 1.29 is 19.1 Å². The molecule has 2 atom stereocenters. The van der Waals surface area contributed by atoms with Gasteiger partial charge < -0.3 is 9.47 Å². The molecule has 0 bridgehead atoms. The molecule has 2 unspecified atom stereocenters. The fraction of sp³-hybridized carbons (Fsp3) is 0.733. The van der Waals surface area contributed by atoms with Gasteiger partial charge in [0.2, 0.25) is 0 Å². The third-order valence-corrected chi connectivity index (χ3v) is 2.61. The molecule has 4 heteroatoms. The second kappa shape index (κ2) is 8.73. The summed E-state index contributed by atoms with van der Waals surface area (Å²) in [5.41, 5.74) is 0. The van der Waals surface area contributed by atoms with E-state index in [4.69, 9.17) is 9.47 Å². The number of ether oxygens (including phenoxy) is 2. The van der Waals surface area contributed by atoms with Crippen LogP contribution >= 0.6 is 0 Å². The molecule has 0 aromatic carbocycles. The minimum atomic E-state index is -0.509. The molecular formula is C15H26O4.